The third-order valence-electron chi connectivity index (χ3n) is 14.1. The van der Waals surface area contributed by atoms with Gasteiger partial charge in [-0.1, -0.05) is 279 Å². The number of carbonyl (C=O) groups is 3. The molecule has 438 valence electrons. The predicted octanol–water partition coefficient (Wildman–Crippen LogP) is 22.3. The minimum Gasteiger partial charge on any atom is -0.462 e. The van der Waals surface area contributed by atoms with Gasteiger partial charge < -0.3 is 14.2 Å². The SMILES string of the molecule is CC/C=C\C/C=C\C/C=C\C/C=C\CCCCCCCCCCCCCCCCCCCCC(=O)OCC(COC(=O)CCCCCCC/C=C\CCCC)OC(=O)CCCCCCC/C=C\C/C=C\CCCCCC. The second-order valence-corrected chi connectivity index (χ2v) is 21.6. The Morgan fingerprint density at radius 1 is 0.276 bits per heavy atom. The smallest absolute Gasteiger partial charge is 0.306 e. The van der Waals surface area contributed by atoms with E-state index >= 15 is 0 Å². The van der Waals surface area contributed by atoms with Gasteiger partial charge in [0.1, 0.15) is 13.2 Å². The van der Waals surface area contributed by atoms with E-state index in [2.05, 4.69) is 106 Å². The molecule has 0 aliphatic rings. The van der Waals surface area contributed by atoms with Crippen molar-refractivity contribution < 1.29 is 28.6 Å². The lowest BCUT2D eigenvalue weighted by Crippen LogP contribution is -2.30. The zero-order valence-electron chi connectivity index (χ0n) is 50.3. The van der Waals surface area contributed by atoms with Crippen LogP contribution in [0.3, 0.4) is 0 Å². The first-order chi connectivity index (χ1) is 37.5. The molecule has 0 N–H and O–H groups in total. The molecule has 0 bridgehead atoms. The van der Waals surface area contributed by atoms with Crippen LogP contribution >= 0.6 is 0 Å². The van der Waals surface area contributed by atoms with Crippen molar-refractivity contribution in [3.8, 4) is 0 Å². The van der Waals surface area contributed by atoms with E-state index in [1.165, 1.54) is 167 Å². The van der Waals surface area contributed by atoms with Crippen LogP contribution in [0.2, 0.25) is 0 Å². The van der Waals surface area contributed by atoms with Crippen LogP contribution in [0.25, 0.3) is 0 Å². The first-order valence-electron chi connectivity index (χ1n) is 32.6. The molecule has 0 saturated heterocycles. The molecule has 0 fully saturated rings. The highest BCUT2D eigenvalue weighted by Gasteiger charge is 2.19. The van der Waals surface area contributed by atoms with E-state index in [4.69, 9.17) is 14.2 Å². The normalized spacial score (nSPS) is 12.6. The minimum atomic E-state index is -0.785. The molecule has 1 unspecified atom stereocenters. The van der Waals surface area contributed by atoms with Crippen molar-refractivity contribution in [1.29, 1.82) is 0 Å². The Bertz CT molecular complexity index is 1450. The Labute approximate surface area is 471 Å². The van der Waals surface area contributed by atoms with Crippen LogP contribution < -0.4 is 0 Å². The standard InChI is InChI=1S/C70H122O6/c1-4-7-10-13-16-19-22-24-26-28-29-30-31-32-33-34-35-36-37-38-39-40-41-42-44-45-48-51-54-57-60-63-69(72)75-66-67(65-74-68(71)62-59-56-53-50-47-21-18-15-12-9-6-3)76-70(73)64-61-58-55-52-49-46-43-27-25-23-20-17-14-11-8-5-2/h7,10,15-16,18-20,23-24,26-27,29-30,43,67H,4-6,8-9,11-14,17,21-22,25,28,31-42,44-66H2,1-3H3/b10-7-,18-15-,19-16-,23-20-,26-24-,30-29-,43-27-. The van der Waals surface area contributed by atoms with Crippen LogP contribution in [-0.2, 0) is 28.6 Å². The minimum absolute atomic E-state index is 0.0817. The van der Waals surface area contributed by atoms with Gasteiger partial charge in [0.2, 0.25) is 0 Å². The molecule has 6 nitrogen and oxygen atoms in total. The Hall–Kier alpha value is -3.41. The highest BCUT2D eigenvalue weighted by Crippen LogP contribution is 2.17. The highest BCUT2D eigenvalue weighted by atomic mass is 16.6. The average Bonchev–Trinajstić information content (AvgIpc) is 3.42. The van der Waals surface area contributed by atoms with Gasteiger partial charge in [0, 0.05) is 19.3 Å². The summed E-state index contributed by atoms with van der Waals surface area (Å²) in [5.74, 6) is -0.893. The monoisotopic (exact) mass is 1060 g/mol. The molecule has 0 rings (SSSR count). The summed E-state index contributed by atoms with van der Waals surface area (Å²) in [6.07, 6.45) is 84.7. The topological polar surface area (TPSA) is 78.9 Å². The Morgan fingerprint density at radius 2 is 0.526 bits per heavy atom. The molecule has 1 atom stereocenters. The molecule has 0 aromatic carbocycles. The van der Waals surface area contributed by atoms with Gasteiger partial charge in [0.25, 0.3) is 0 Å². The van der Waals surface area contributed by atoms with E-state index < -0.39 is 6.10 Å². The van der Waals surface area contributed by atoms with E-state index in [0.29, 0.717) is 19.3 Å². The Morgan fingerprint density at radius 3 is 0.855 bits per heavy atom. The zero-order chi connectivity index (χ0) is 55.0. The van der Waals surface area contributed by atoms with Gasteiger partial charge in [0.15, 0.2) is 6.10 Å². The van der Waals surface area contributed by atoms with Crippen molar-refractivity contribution in [2.75, 3.05) is 13.2 Å². The van der Waals surface area contributed by atoms with Gasteiger partial charge in [-0.3, -0.25) is 14.4 Å². The summed E-state index contributed by atoms with van der Waals surface area (Å²) in [6, 6.07) is 0. The second kappa shape index (κ2) is 64.1. The van der Waals surface area contributed by atoms with E-state index in [1.807, 2.05) is 0 Å². The number of hydrogen-bond acceptors (Lipinski definition) is 6. The van der Waals surface area contributed by atoms with Crippen molar-refractivity contribution in [2.45, 2.75) is 329 Å². The van der Waals surface area contributed by atoms with E-state index in [0.717, 1.165) is 116 Å². The zero-order valence-corrected chi connectivity index (χ0v) is 50.3. The Kier molecular flexibility index (Phi) is 61.2. The van der Waals surface area contributed by atoms with Gasteiger partial charge in [-0.25, -0.2) is 0 Å². The number of rotatable bonds is 59. The van der Waals surface area contributed by atoms with Crippen molar-refractivity contribution in [1.82, 2.24) is 0 Å². The molecule has 0 aromatic rings. The number of esters is 3. The van der Waals surface area contributed by atoms with Crippen LogP contribution in [0.4, 0.5) is 0 Å². The number of ether oxygens (including phenoxy) is 3. The van der Waals surface area contributed by atoms with Gasteiger partial charge in [0.05, 0.1) is 0 Å². The first kappa shape index (κ1) is 72.6. The van der Waals surface area contributed by atoms with Crippen molar-refractivity contribution in [2.24, 2.45) is 0 Å². The molecule has 0 saturated carbocycles. The van der Waals surface area contributed by atoms with Crippen LogP contribution in [0.1, 0.15) is 323 Å². The summed E-state index contributed by atoms with van der Waals surface area (Å²) >= 11 is 0. The third kappa shape index (κ3) is 61.4. The maximum atomic E-state index is 12.9. The summed E-state index contributed by atoms with van der Waals surface area (Å²) in [4.78, 5) is 38.2. The molecule has 76 heavy (non-hydrogen) atoms. The van der Waals surface area contributed by atoms with Crippen LogP contribution in [0, 0.1) is 0 Å². The maximum Gasteiger partial charge on any atom is 0.306 e. The molecule has 0 aliphatic heterocycles. The average molecular weight is 1060 g/mol. The summed E-state index contributed by atoms with van der Waals surface area (Å²) < 4.78 is 16.9. The summed E-state index contributed by atoms with van der Waals surface area (Å²) in [5, 5.41) is 0. The van der Waals surface area contributed by atoms with Crippen molar-refractivity contribution in [3.05, 3.63) is 85.1 Å². The molecule has 0 amide bonds. The largest absolute Gasteiger partial charge is 0.462 e. The van der Waals surface area contributed by atoms with Crippen molar-refractivity contribution >= 4 is 17.9 Å². The molecular weight excluding hydrogens is 937 g/mol. The fraction of sp³-hybridized carbons (Fsp3) is 0.757. The summed E-state index contributed by atoms with van der Waals surface area (Å²) in [6.45, 7) is 6.48. The fourth-order valence-corrected chi connectivity index (χ4v) is 9.21. The lowest BCUT2D eigenvalue weighted by Gasteiger charge is -2.18. The van der Waals surface area contributed by atoms with Gasteiger partial charge in [-0.05, 0) is 109 Å². The molecule has 0 spiro atoms. The van der Waals surface area contributed by atoms with Crippen molar-refractivity contribution in [3.63, 3.8) is 0 Å². The van der Waals surface area contributed by atoms with Crippen LogP contribution in [-0.4, -0.2) is 37.2 Å². The lowest BCUT2D eigenvalue weighted by atomic mass is 10.0. The molecule has 0 heterocycles. The fourth-order valence-electron chi connectivity index (χ4n) is 9.21. The number of unbranched alkanes of at least 4 members (excludes halogenated alkanes) is 34. The summed E-state index contributed by atoms with van der Waals surface area (Å²) in [5.41, 5.74) is 0. The van der Waals surface area contributed by atoms with Crippen LogP contribution in [0.15, 0.2) is 85.1 Å². The van der Waals surface area contributed by atoms with E-state index in [9.17, 15) is 14.4 Å². The Balaban J connectivity index is 4.15. The maximum absolute atomic E-state index is 12.9. The summed E-state index contributed by atoms with van der Waals surface area (Å²) in [7, 11) is 0. The molecular formula is C70H122O6. The van der Waals surface area contributed by atoms with E-state index in [1.54, 1.807) is 0 Å². The molecule has 0 aliphatic carbocycles. The first-order valence-corrected chi connectivity index (χ1v) is 32.6. The van der Waals surface area contributed by atoms with Gasteiger partial charge in [-0.2, -0.15) is 0 Å². The number of hydrogen-bond donors (Lipinski definition) is 0. The van der Waals surface area contributed by atoms with Crippen LogP contribution in [0.5, 0.6) is 0 Å². The van der Waals surface area contributed by atoms with Gasteiger partial charge >= 0.3 is 17.9 Å². The molecule has 0 aromatic heterocycles. The van der Waals surface area contributed by atoms with Gasteiger partial charge in [-0.15, -0.1) is 0 Å². The van der Waals surface area contributed by atoms with E-state index in [-0.39, 0.29) is 31.1 Å². The predicted molar refractivity (Wildman–Crippen MR) is 330 cm³/mol. The number of allylic oxidation sites excluding steroid dienone is 14. The third-order valence-corrected chi connectivity index (χ3v) is 14.1. The molecule has 6 heteroatoms. The lowest BCUT2D eigenvalue weighted by molar-refractivity contribution is -0.167. The molecule has 0 radical (unpaired) electrons. The second-order valence-electron chi connectivity index (χ2n) is 21.6. The highest BCUT2D eigenvalue weighted by molar-refractivity contribution is 5.71. The quantitative estimate of drug-likeness (QED) is 0.0261. The number of carbonyl (C=O) groups excluding carboxylic acids is 3.